The number of fused-ring (bicyclic) bond motifs is 2. The highest BCUT2D eigenvalue weighted by Crippen LogP contribution is 2.36. The number of aliphatic hydroxyl groups excluding tert-OH is 2. The van der Waals surface area contributed by atoms with E-state index < -0.39 is 5.54 Å². The summed E-state index contributed by atoms with van der Waals surface area (Å²) in [5, 5.41) is 23.0. The minimum atomic E-state index is -0.501. The fourth-order valence-electron chi connectivity index (χ4n) is 3.95. The van der Waals surface area contributed by atoms with Crippen molar-refractivity contribution < 1.29 is 10.2 Å². The van der Waals surface area contributed by atoms with Crippen LogP contribution in [-0.2, 0) is 0 Å². The Kier molecular flexibility index (Phi) is 5.46. The summed E-state index contributed by atoms with van der Waals surface area (Å²) in [6.45, 7) is 8.94. The second kappa shape index (κ2) is 6.73. The summed E-state index contributed by atoms with van der Waals surface area (Å²) in [7, 11) is 0. The third-order valence-corrected chi connectivity index (χ3v) is 5.59. The molecule has 2 atom stereocenters. The van der Waals surface area contributed by atoms with Gasteiger partial charge in [0.15, 0.2) is 0 Å². The Hall–Kier alpha value is -0.160. The van der Waals surface area contributed by atoms with E-state index in [4.69, 9.17) is 0 Å². The lowest BCUT2D eigenvalue weighted by molar-refractivity contribution is -0.00672. The fourth-order valence-corrected chi connectivity index (χ4v) is 3.95. The average molecular weight is 284 g/mol. The zero-order valence-electron chi connectivity index (χ0n) is 13.3. The van der Waals surface area contributed by atoms with Crippen LogP contribution < -0.4 is 5.32 Å². The van der Waals surface area contributed by atoms with Crippen LogP contribution in [0.1, 0.15) is 46.5 Å². The molecule has 3 N–H and O–H groups in total. The molecular formula is C16H32N2O2. The topological polar surface area (TPSA) is 55.7 Å². The molecule has 0 aromatic carbocycles. The molecule has 2 bridgehead atoms. The third-order valence-electron chi connectivity index (χ3n) is 5.59. The van der Waals surface area contributed by atoms with E-state index in [1.165, 1.54) is 19.3 Å². The standard InChI is InChI=1S/C16H32N2O2/c1-4-16(10-19,11-20)17-15-13-6-5-7-14(15)9-18(8-13)12(2)3/h12-15,17,19-20H,4-11H2,1-3H3. The normalized spacial score (nSPS) is 31.8. The van der Waals surface area contributed by atoms with E-state index in [2.05, 4.69) is 24.1 Å². The molecule has 0 spiro atoms. The summed E-state index contributed by atoms with van der Waals surface area (Å²) in [6, 6.07) is 1.07. The largest absolute Gasteiger partial charge is 0.394 e. The van der Waals surface area contributed by atoms with Crippen molar-refractivity contribution in [3.05, 3.63) is 0 Å². The van der Waals surface area contributed by atoms with E-state index in [1.54, 1.807) is 0 Å². The number of likely N-dealkylation sites (tertiary alicyclic amines) is 1. The van der Waals surface area contributed by atoms with Gasteiger partial charge in [0, 0.05) is 25.2 Å². The van der Waals surface area contributed by atoms with E-state index in [9.17, 15) is 10.2 Å². The number of piperidine rings is 1. The first-order valence-corrected chi connectivity index (χ1v) is 8.28. The first-order chi connectivity index (χ1) is 9.55. The van der Waals surface area contributed by atoms with Gasteiger partial charge in [0.05, 0.1) is 18.8 Å². The van der Waals surface area contributed by atoms with Crippen LogP contribution in [0.4, 0.5) is 0 Å². The average Bonchev–Trinajstić information content (AvgIpc) is 2.44. The van der Waals surface area contributed by atoms with Gasteiger partial charge in [-0.05, 0) is 44.9 Å². The van der Waals surface area contributed by atoms with Crippen molar-refractivity contribution in [3.63, 3.8) is 0 Å². The predicted octanol–water partition coefficient (Wildman–Crippen LogP) is 1.22. The molecule has 2 aliphatic rings. The highest BCUT2D eigenvalue weighted by molar-refractivity contribution is 5.00. The molecule has 4 heteroatoms. The van der Waals surface area contributed by atoms with E-state index in [-0.39, 0.29) is 13.2 Å². The molecule has 1 aliphatic heterocycles. The summed E-state index contributed by atoms with van der Waals surface area (Å²) < 4.78 is 0. The molecule has 0 aromatic heterocycles. The van der Waals surface area contributed by atoms with Crippen molar-refractivity contribution in [3.8, 4) is 0 Å². The van der Waals surface area contributed by atoms with Crippen molar-refractivity contribution >= 4 is 0 Å². The molecule has 0 amide bonds. The summed E-state index contributed by atoms with van der Waals surface area (Å²) in [4.78, 5) is 2.60. The van der Waals surface area contributed by atoms with Crippen LogP contribution in [0.5, 0.6) is 0 Å². The minimum Gasteiger partial charge on any atom is -0.394 e. The summed E-state index contributed by atoms with van der Waals surface area (Å²) in [5.74, 6) is 1.32. The molecule has 0 radical (unpaired) electrons. The van der Waals surface area contributed by atoms with Gasteiger partial charge in [-0.25, -0.2) is 0 Å². The number of hydrogen-bond donors (Lipinski definition) is 3. The second-order valence-electron chi connectivity index (χ2n) is 7.12. The van der Waals surface area contributed by atoms with Gasteiger partial charge >= 0.3 is 0 Å². The molecule has 0 aromatic rings. The maximum Gasteiger partial charge on any atom is 0.0647 e. The maximum absolute atomic E-state index is 9.68. The zero-order valence-corrected chi connectivity index (χ0v) is 13.3. The van der Waals surface area contributed by atoms with Gasteiger partial charge in [0.2, 0.25) is 0 Å². The molecule has 20 heavy (non-hydrogen) atoms. The lowest BCUT2D eigenvalue weighted by Gasteiger charge is -2.51. The van der Waals surface area contributed by atoms with Crippen LogP contribution in [0, 0.1) is 11.8 Å². The quantitative estimate of drug-likeness (QED) is 0.686. The van der Waals surface area contributed by atoms with Crippen molar-refractivity contribution in [1.29, 1.82) is 0 Å². The van der Waals surface area contributed by atoms with Crippen LogP contribution >= 0.6 is 0 Å². The third kappa shape index (κ3) is 3.19. The Balaban J connectivity index is 2.08. The number of hydrogen-bond acceptors (Lipinski definition) is 4. The first kappa shape index (κ1) is 16.2. The monoisotopic (exact) mass is 284 g/mol. The van der Waals surface area contributed by atoms with E-state index >= 15 is 0 Å². The van der Waals surface area contributed by atoms with Crippen molar-refractivity contribution in [2.75, 3.05) is 26.3 Å². The van der Waals surface area contributed by atoms with Gasteiger partial charge < -0.3 is 20.4 Å². The number of rotatable bonds is 6. The lowest BCUT2D eigenvalue weighted by atomic mass is 9.72. The Morgan fingerprint density at radius 1 is 1.15 bits per heavy atom. The summed E-state index contributed by atoms with van der Waals surface area (Å²) in [5.41, 5.74) is -0.501. The number of nitrogens with zero attached hydrogens (tertiary/aromatic N) is 1. The smallest absolute Gasteiger partial charge is 0.0647 e. The molecule has 1 aliphatic carbocycles. The molecule has 2 unspecified atom stereocenters. The van der Waals surface area contributed by atoms with Crippen LogP contribution in [0.15, 0.2) is 0 Å². The van der Waals surface area contributed by atoms with Crippen molar-refractivity contribution in [2.45, 2.75) is 64.1 Å². The van der Waals surface area contributed by atoms with Gasteiger partial charge in [0.25, 0.3) is 0 Å². The highest BCUT2D eigenvalue weighted by Gasteiger charge is 2.43. The van der Waals surface area contributed by atoms with Crippen LogP contribution in [0.3, 0.4) is 0 Å². The van der Waals surface area contributed by atoms with Crippen LogP contribution in [0.25, 0.3) is 0 Å². The van der Waals surface area contributed by atoms with E-state index in [1.807, 2.05) is 6.92 Å². The number of nitrogens with one attached hydrogen (secondary N) is 1. The van der Waals surface area contributed by atoms with E-state index in [0.29, 0.717) is 23.9 Å². The molecule has 2 rings (SSSR count). The Bertz CT molecular complexity index is 283. The van der Waals surface area contributed by atoms with Gasteiger partial charge in [-0.2, -0.15) is 0 Å². The predicted molar refractivity (Wildman–Crippen MR) is 81.7 cm³/mol. The van der Waals surface area contributed by atoms with E-state index in [0.717, 1.165) is 19.5 Å². The Morgan fingerprint density at radius 2 is 1.70 bits per heavy atom. The summed E-state index contributed by atoms with van der Waals surface area (Å²) in [6.07, 6.45) is 4.64. The molecule has 2 fully saturated rings. The summed E-state index contributed by atoms with van der Waals surface area (Å²) >= 11 is 0. The van der Waals surface area contributed by atoms with Gasteiger partial charge in [-0.15, -0.1) is 0 Å². The maximum atomic E-state index is 9.68. The first-order valence-electron chi connectivity index (χ1n) is 8.28. The van der Waals surface area contributed by atoms with Crippen molar-refractivity contribution in [2.24, 2.45) is 11.8 Å². The van der Waals surface area contributed by atoms with Crippen LogP contribution in [-0.4, -0.2) is 59.0 Å². The van der Waals surface area contributed by atoms with Crippen LogP contribution in [0.2, 0.25) is 0 Å². The zero-order chi connectivity index (χ0) is 14.8. The molecule has 1 saturated carbocycles. The van der Waals surface area contributed by atoms with Gasteiger partial charge in [-0.3, -0.25) is 0 Å². The van der Waals surface area contributed by atoms with Gasteiger partial charge in [0.1, 0.15) is 0 Å². The Labute approximate surface area is 123 Å². The fraction of sp³-hybridized carbons (Fsp3) is 1.00. The Morgan fingerprint density at radius 3 is 2.10 bits per heavy atom. The lowest BCUT2D eigenvalue weighted by Crippen LogP contribution is -2.65. The highest BCUT2D eigenvalue weighted by atomic mass is 16.3. The minimum absolute atomic E-state index is 0.0177. The van der Waals surface area contributed by atoms with Gasteiger partial charge in [-0.1, -0.05) is 13.3 Å². The molecule has 118 valence electrons. The second-order valence-corrected chi connectivity index (χ2v) is 7.12. The molecule has 1 saturated heterocycles. The SMILES string of the molecule is CCC(CO)(CO)NC1C2CCCC1CN(C(C)C)C2. The number of aliphatic hydroxyl groups is 2. The molecule has 4 nitrogen and oxygen atoms in total. The van der Waals surface area contributed by atoms with Crippen molar-refractivity contribution in [1.82, 2.24) is 10.2 Å². The molecular weight excluding hydrogens is 252 g/mol. The molecule has 1 heterocycles.